The minimum absolute atomic E-state index is 0.0267. The summed E-state index contributed by atoms with van der Waals surface area (Å²) in [6.45, 7) is 6.32. The molecule has 2 heterocycles. The number of ether oxygens (including phenoxy) is 2. The zero-order chi connectivity index (χ0) is 28.2. The van der Waals surface area contributed by atoms with E-state index in [-0.39, 0.29) is 24.1 Å². The number of nitrogens with one attached hydrogen (secondary N) is 1. The monoisotopic (exact) mass is 533 g/mol. The number of piperidine rings is 1. The molecule has 1 fully saturated rings. The van der Waals surface area contributed by atoms with Gasteiger partial charge in [-0.05, 0) is 63.4 Å². The van der Waals surface area contributed by atoms with Crippen LogP contribution in [0.1, 0.15) is 39.2 Å². The molecule has 1 N–H and O–H groups in total. The van der Waals surface area contributed by atoms with Crippen molar-refractivity contribution in [1.29, 1.82) is 5.26 Å². The average Bonchev–Trinajstić information content (AvgIpc) is 3.31. The van der Waals surface area contributed by atoms with Gasteiger partial charge in [0.2, 0.25) is 5.91 Å². The van der Waals surface area contributed by atoms with Crippen LogP contribution in [0, 0.1) is 17.1 Å². The first-order valence-corrected chi connectivity index (χ1v) is 12.8. The van der Waals surface area contributed by atoms with Crippen LogP contribution < -0.4 is 10.1 Å². The summed E-state index contributed by atoms with van der Waals surface area (Å²) in [6, 6.07) is 13.3. The van der Waals surface area contributed by atoms with Crippen molar-refractivity contribution in [2.45, 2.75) is 51.8 Å². The summed E-state index contributed by atoms with van der Waals surface area (Å²) in [6.07, 6.45) is 2.75. The molecule has 0 aliphatic carbocycles. The van der Waals surface area contributed by atoms with Crippen LogP contribution in [0.15, 0.2) is 48.7 Å². The Morgan fingerprint density at radius 2 is 1.90 bits per heavy atom. The normalized spacial score (nSPS) is 15.4. The molecule has 9 nitrogen and oxygen atoms in total. The van der Waals surface area contributed by atoms with Gasteiger partial charge in [0.15, 0.2) is 0 Å². The predicted octanol–water partition coefficient (Wildman–Crippen LogP) is 4.75. The Hall–Kier alpha value is -4.39. The van der Waals surface area contributed by atoms with Crippen molar-refractivity contribution < 1.29 is 23.5 Å². The Balaban J connectivity index is 1.55. The van der Waals surface area contributed by atoms with Crippen molar-refractivity contribution in [3.8, 4) is 34.2 Å². The Kier molecular flexibility index (Phi) is 8.19. The zero-order valence-electron chi connectivity index (χ0n) is 22.5. The van der Waals surface area contributed by atoms with Crippen LogP contribution in [0.4, 0.5) is 9.18 Å². The van der Waals surface area contributed by atoms with Gasteiger partial charge in [-0.1, -0.05) is 18.2 Å². The van der Waals surface area contributed by atoms with E-state index in [0.29, 0.717) is 35.7 Å². The summed E-state index contributed by atoms with van der Waals surface area (Å²) in [5.74, 6) is -0.0999. The number of nitriles is 1. The fourth-order valence-electron chi connectivity index (χ4n) is 4.48. The van der Waals surface area contributed by atoms with E-state index in [1.54, 1.807) is 45.0 Å². The van der Waals surface area contributed by atoms with E-state index in [2.05, 4.69) is 10.4 Å². The highest BCUT2D eigenvalue weighted by molar-refractivity contribution is 5.82. The van der Waals surface area contributed by atoms with Crippen molar-refractivity contribution in [2.24, 2.45) is 0 Å². The van der Waals surface area contributed by atoms with Gasteiger partial charge in [0.1, 0.15) is 35.5 Å². The minimum atomic E-state index is -0.641. The Morgan fingerprint density at radius 3 is 2.54 bits per heavy atom. The van der Waals surface area contributed by atoms with Crippen LogP contribution in [-0.4, -0.2) is 58.5 Å². The second-order valence-corrected chi connectivity index (χ2v) is 10.4. The first-order valence-electron chi connectivity index (χ1n) is 12.8. The van der Waals surface area contributed by atoms with Gasteiger partial charge in [-0.2, -0.15) is 10.4 Å². The molecule has 10 heteroatoms. The average molecular weight is 534 g/mol. The molecule has 3 aromatic rings. The standard InChI is InChI=1S/C29H32FN5O4/c1-29(2,3)39-28(37)32-22-6-5-13-34(16-22)26(36)18-35-17-24(19-9-11-23(38-4)12-10-19)27(33-35)20-7-8-21(15-31)25(30)14-20/h7-12,14,17,22H,5-6,13,16,18H2,1-4H3,(H,32,37)/t22-/m1/s1. The number of likely N-dealkylation sites (tertiary alicyclic amines) is 1. The first-order chi connectivity index (χ1) is 18.6. The first kappa shape index (κ1) is 27.6. The van der Waals surface area contributed by atoms with Crippen molar-refractivity contribution >= 4 is 12.0 Å². The maximum Gasteiger partial charge on any atom is 0.407 e. The molecule has 1 aromatic heterocycles. The third-order valence-corrected chi connectivity index (χ3v) is 6.32. The summed E-state index contributed by atoms with van der Waals surface area (Å²) < 4.78 is 26.6. The fourth-order valence-corrected chi connectivity index (χ4v) is 4.48. The Labute approximate surface area is 227 Å². The molecule has 1 aliphatic heterocycles. The topological polar surface area (TPSA) is 109 Å². The molecule has 1 saturated heterocycles. The van der Waals surface area contributed by atoms with E-state index in [1.165, 1.54) is 16.8 Å². The van der Waals surface area contributed by atoms with Gasteiger partial charge in [-0.25, -0.2) is 9.18 Å². The molecule has 4 rings (SSSR count). The van der Waals surface area contributed by atoms with E-state index in [9.17, 15) is 14.0 Å². The largest absolute Gasteiger partial charge is 0.497 e. The second kappa shape index (κ2) is 11.6. The lowest BCUT2D eigenvalue weighted by molar-refractivity contribution is -0.133. The Morgan fingerprint density at radius 1 is 1.18 bits per heavy atom. The maximum atomic E-state index is 14.5. The highest BCUT2D eigenvalue weighted by Crippen LogP contribution is 2.33. The lowest BCUT2D eigenvalue weighted by atomic mass is 10.0. The second-order valence-electron chi connectivity index (χ2n) is 10.4. The number of nitrogens with zero attached hydrogens (tertiary/aromatic N) is 4. The minimum Gasteiger partial charge on any atom is -0.497 e. The molecule has 1 aliphatic rings. The number of hydrogen-bond donors (Lipinski definition) is 1. The Bertz CT molecular complexity index is 1390. The van der Waals surface area contributed by atoms with E-state index in [4.69, 9.17) is 14.7 Å². The van der Waals surface area contributed by atoms with Crippen LogP contribution in [0.2, 0.25) is 0 Å². The van der Waals surface area contributed by atoms with Crippen molar-refractivity contribution in [3.63, 3.8) is 0 Å². The van der Waals surface area contributed by atoms with Gasteiger partial charge < -0.3 is 19.7 Å². The van der Waals surface area contributed by atoms with Crippen molar-refractivity contribution in [2.75, 3.05) is 20.2 Å². The van der Waals surface area contributed by atoms with E-state index < -0.39 is 17.5 Å². The van der Waals surface area contributed by atoms with Crippen LogP contribution in [0.3, 0.4) is 0 Å². The quantitative estimate of drug-likeness (QED) is 0.490. The third-order valence-electron chi connectivity index (χ3n) is 6.32. The highest BCUT2D eigenvalue weighted by Gasteiger charge is 2.27. The molecular formula is C29H32FN5O4. The van der Waals surface area contributed by atoms with Gasteiger partial charge in [-0.3, -0.25) is 9.48 Å². The molecule has 0 unspecified atom stereocenters. The lowest BCUT2D eigenvalue weighted by Gasteiger charge is -2.33. The molecule has 0 radical (unpaired) electrons. The van der Waals surface area contributed by atoms with Gasteiger partial charge in [0.25, 0.3) is 0 Å². The predicted molar refractivity (Wildman–Crippen MR) is 143 cm³/mol. The van der Waals surface area contributed by atoms with Gasteiger partial charge in [0, 0.05) is 36.5 Å². The number of hydrogen-bond acceptors (Lipinski definition) is 6. The maximum absolute atomic E-state index is 14.5. The molecule has 0 saturated carbocycles. The summed E-state index contributed by atoms with van der Waals surface area (Å²) >= 11 is 0. The number of benzene rings is 2. The smallest absolute Gasteiger partial charge is 0.407 e. The van der Waals surface area contributed by atoms with Crippen LogP contribution in [0.25, 0.3) is 22.4 Å². The van der Waals surface area contributed by atoms with Gasteiger partial charge >= 0.3 is 6.09 Å². The van der Waals surface area contributed by atoms with E-state index in [1.807, 2.05) is 30.3 Å². The van der Waals surface area contributed by atoms with Crippen molar-refractivity contribution in [3.05, 3.63) is 60.0 Å². The SMILES string of the molecule is COc1ccc(-c2cn(CC(=O)N3CCC[C@@H](NC(=O)OC(C)(C)C)C3)nc2-c2ccc(C#N)c(F)c2)cc1. The van der Waals surface area contributed by atoms with E-state index in [0.717, 1.165) is 18.4 Å². The number of halogens is 1. The number of rotatable bonds is 6. The number of carbonyl (C=O) groups excluding carboxylic acids is 2. The van der Waals surface area contributed by atoms with Crippen LogP contribution >= 0.6 is 0 Å². The molecule has 1 atom stereocenters. The van der Waals surface area contributed by atoms with Gasteiger partial charge in [-0.15, -0.1) is 0 Å². The number of aromatic nitrogens is 2. The number of carbonyl (C=O) groups is 2. The summed E-state index contributed by atoms with van der Waals surface area (Å²) in [5.41, 5.74) is 1.83. The molecule has 204 valence electrons. The molecule has 0 bridgehead atoms. The molecule has 2 amide bonds. The summed E-state index contributed by atoms with van der Waals surface area (Å²) in [7, 11) is 1.58. The molecule has 39 heavy (non-hydrogen) atoms. The number of methoxy groups -OCH3 is 1. The van der Waals surface area contributed by atoms with Crippen LogP contribution in [-0.2, 0) is 16.1 Å². The van der Waals surface area contributed by atoms with E-state index >= 15 is 0 Å². The third kappa shape index (κ3) is 6.93. The van der Waals surface area contributed by atoms with Crippen LogP contribution in [0.5, 0.6) is 5.75 Å². The summed E-state index contributed by atoms with van der Waals surface area (Å²) in [4.78, 5) is 27.2. The number of amides is 2. The van der Waals surface area contributed by atoms with Crippen molar-refractivity contribution in [1.82, 2.24) is 20.0 Å². The highest BCUT2D eigenvalue weighted by atomic mass is 19.1. The zero-order valence-corrected chi connectivity index (χ0v) is 22.5. The number of alkyl carbamates (subject to hydrolysis) is 1. The fraction of sp³-hybridized carbons (Fsp3) is 0.379. The molecule has 0 spiro atoms. The molecular weight excluding hydrogens is 501 g/mol. The molecule has 2 aromatic carbocycles. The summed E-state index contributed by atoms with van der Waals surface area (Å²) in [5, 5.41) is 16.6. The lowest BCUT2D eigenvalue weighted by Crippen LogP contribution is -2.51. The van der Waals surface area contributed by atoms with Gasteiger partial charge in [0.05, 0.1) is 12.7 Å².